The number of hydrogen-bond acceptors (Lipinski definition) is 12. The Bertz CT molecular complexity index is 1560. The topological polar surface area (TPSA) is 224 Å². The number of aliphatic carboxylic acids is 1. The van der Waals surface area contributed by atoms with E-state index in [4.69, 9.17) is 14.6 Å². The third-order valence-electron chi connectivity index (χ3n) is 6.62. The smallest absolute Gasteiger partial charge is 0.307 e. The minimum absolute atomic E-state index is 0.0138. The molecule has 0 radical (unpaired) electrons. The van der Waals surface area contributed by atoms with Gasteiger partial charge >= 0.3 is 5.97 Å². The first kappa shape index (κ1) is 33.8. The first-order valence-corrected chi connectivity index (χ1v) is 13.4. The van der Waals surface area contributed by atoms with Crippen LogP contribution in [-0.2, 0) is 22.5 Å². The number of ether oxygens (including phenoxy) is 2. The van der Waals surface area contributed by atoms with Crippen LogP contribution in [0.1, 0.15) is 23.6 Å². The van der Waals surface area contributed by atoms with Crippen molar-refractivity contribution in [2.75, 3.05) is 13.2 Å². The lowest BCUT2D eigenvalue weighted by Crippen LogP contribution is -2.46. The second kappa shape index (κ2) is 15.7. The van der Waals surface area contributed by atoms with E-state index in [0.717, 1.165) is 6.26 Å². The summed E-state index contributed by atoms with van der Waals surface area (Å²) in [4.78, 5) is 29.0. The van der Waals surface area contributed by atoms with E-state index < -0.39 is 54.6 Å². The fourth-order valence-electron chi connectivity index (χ4n) is 4.29. The van der Waals surface area contributed by atoms with Gasteiger partial charge in [-0.05, 0) is 47.7 Å². The van der Waals surface area contributed by atoms with Crippen LogP contribution in [0.3, 0.4) is 0 Å². The first-order chi connectivity index (χ1) is 21.0. The van der Waals surface area contributed by atoms with Crippen LogP contribution in [0.5, 0.6) is 23.0 Å². The van der Waals surface area contributed by atoms with Gasteiger partial charge in [-0.1, -0.05) is 36.4 Å². The second-order valence-corrected chi connectivity index (χ2v) is 9.87. The predicted molar refractivity (Wildman–Crippen MR) is 158 cm³/mol. The Morgan fingerprint density at radius 3 is 2.34 bits per heavy atom. The van der Waals surface area contributed by atoms with Crippen molar-refractivity contribution in [3.63, 3.8) is 0 Å². The van der Waals surface area contributed by atoms with Gasteiger partial charge in [0.2, 0.25) is 5.43 Å². The van der Waals surface area contributed by atoms with Gasteiger partial charge < -0.3 is 45.2 Å². The second-order valence-electron chi connectivity index (χ2n) is 9.87. The molecule has 13 nitrogen and oxygen atoms in total. The maximum Gasteiger partial charge on any atom is 0.307 e. The molecule has 0 fully saturated rings. The molecule has 4 unspecified atom stereocenters. The standard InChI is InChI=1S/C31H34O13/c1-17(33)28(37)31(40)25(44-41)16-43-24-14-19(9-11-42-23-8-5-18(13-22(23)34)4-2-3-10-32)12-20-6-7-21(15-26(35)36)29(38)27(20)30(24)39/h2-8,10,12-14,17,25,28,31-34,37-38,40-41H,9,11,15-16H2,1H3,(H,35,36)/b4-2+,10-3+. The number of carbonyl (C=O) groups is 1. The van der Waals surface area contributed by atoms with E-state index in [9.17, 15) is 45.5 Å². The van der Waals surface area contributed by atoms with Crippen LogP contribution in [-0.4, -0.2) is 84.6 Å². The number of carboxylic acids is 1. The average molecular weight is 615 g/mol. The van der Waals surface area contributed by atoms with Crippen LogP contribution in [0.2, 0.25) is 0 Å². The summed E-state index contributed by atoms with van der Waals surface area (Å²) in [7, 11) is 0. The van der Waals surface area contributed by atoms with Crippen molar-refractivity contribution >= 4 is 22.8 Å². The highest BCUT2D eigenvalue weighted by Crippen LogP contribution is 2.30. The van der Waals surface area contributed by atoms with E-state index in [0.29, 0.717) is 11.1 Å². The largest absolute Gasteiger partial charge is 0.516 e. The molecule has 13 heteroatoms. The van der Waals surface area contributed by atoms with Crippen molar-refractivity contribution in [3.8, 4) is 23.0 Å². The minimum Gasteiger partial charge on any atom is -0.516 e. The van der Waals surface area contributed by atoms with Gasteiger partial charge in [-0.3, -0.25) is 14.8 Å². The predicted octanol–water partition coefficient (Wildman–Crippen LogP) is 2.28. The molecule has 0 saturated heterocycles. The Hall–Kier alpha value is -4.66. The average Bonchev–Trinajstić information content (AvgIpc) is 3.11. The van der Waals surface area contributed by atoms with E-state index in [1.165, 1.54) is 37.3 Å². The molecule has 3 rings (SSSR count). The third-order valence-corrected chi connectivity index (χ3v) is 6.62. The molecule has 236 valence electrons. The summed E-state index contributed by atoms with van der Waals surface area (Å²) in [5.74, 6) is -2.13. The van der Waals surface area contributed by atoms with Gasteiger partial charge in [0.1, 0.15) is 24.6 Å². The summed E-state index contributed by atoms with van der Waals surface area (Å²) in [5.41, 5.74) is 0.254. The number of aromatic hydroxyl groups is 2. The molecule has 44 heavy (non-hydrogen) atoms. The lowest BCUT2D eigenvalue weighted by atomic mass is 10.0. The molecule has 0 aliphatic heterocycles. The fraction of sp³-hybridized carbons (Fsp3) is 0.290. The van der Waals surface area contributed by atoms with Crippen molar-refractivity contribution in [3.05, 3.63) is 87.8 Å². The van der Waals surface area contributed by atoms with Gasteiger partial charge in [0.05, 0.1) is 30.8 Å². The van der Waals surface area contributed by atoms with Crippen molar-refractivity contribution in [1.82, 2.24) is 0 Å². The summed E-state index contributed by atoms with van der Waals surface area (Å²) in [6.45, 7) is 0.548. The Morgan fingerprint density at radius 1 is 0.955 bits per heavy atom. The number of aliphatic hydroxyl groups excluding tert-OH is 4. The summed E-state index contributed by atoms with van der Waals surface area (Å²) in [6, 6.07) is 10.4. The molecule has 0 spiro atoms. The maximum absolute atomic E-state index is 13.5. The molecule has 4 atom stereocenters. The van der Waals surface area contributed by atoms with Gasteiger partial charge in [0.25, 0.3) is 0 Å². The van der Waals surface area contributed by atoms with Crippen LogP contribution in [0, 0.1) is 0 Å². The molecule has 3 aromatic rings. The first-order valence-electron chi connectivity index (χ1n) is 13.4. The SMILES string of the molecule is CC(O)C(O)C(O)C(COc1cc(CCOc2ccc(/C=C/C=C/O)cc2O)cc2ccc(CC(=O)O)c(O)c2c1=O)OO. The van der Waals surface area contributed by atoms with Crippen molar-refractivity contribution in [1.29, 1.82) is 0 Å². The van der Waals surface area contributed by atoms with Crippen molar-refractivity contribution in [2.45, 2.75) is 44.2 Å². The minimum atomic E-state index is -1.81. The van der Waals surface area contributed by atoms with Gasteiger partial charge in [-0.2, -0.15) is 0 Å². The quantitative estimate of drug-likeness (QED) is 0.0533. The highest BCUT2D eigenvalue weighted by atomic mass is 17.1. The summed E-state index contributed by atoms with van der Waals surface area (Å²) >= 11 is 0. The van der Waals surface area contributed by atoms with E-state index >= 15 is 0 Å². The van der Waals surface area contributed by atoms with Gasteiger partial charge in [-0.15, -0.1) is 0 Å². The number of fused-ring (bicyclic) bond motifs is 1. The number of aliphatic hydroxyl groups is 4. The summed E-state index contributed by atoms with van der Waals surface area (Å²) in [5, 5.41) is 78.2. The molecular weight excluding hydrogens is 580 g/mol. The van der Waals surface area contributed by atoms with E-state index in [1.54, 1.807) is 30.4 Å². The van der Waals surface area contributed by atoms with Crippen molar-refractivity contribution in [2.24, 2.45) is 0 Å². The third kappa shape index (κ3) is 8.69. The number of allylic oxidation sites excluding steroid dienone is 2. The monoisotopic (exact) mass is 614 g/mol. The molecule has 0 aromatic heterocycles. The Labute approximate surface area is 251 Å². The Kier molecular flexibility index (Phi) is 12.1. The van der Waals surface area contributed by atoms with Crippen LogP contribution in [0.15, 0.2) is 65.7 Å². The zero-order valence-corrected chi connectivity index (χ0v) is 23.6. The number of phenolic OH excluding ortho intramolecular Hbond substituents is 2. The Morgan fingerprint density at radius 2 is 1.70 bits per heavy atom. The maximum atomic E-state index is 13.5. The highest BCUT2D eigenvalue weighted by molar-refractivity contribution is 5.91. The molecule has 0 bridgehead atoms. The number of rotatable bonds is 15. The van der Waals surface area contributed by atoms with Crippen LogP contribution < -0.4 is 14.9 Å². The zero-order chi connectivity index (χ0) is 32.4. The van der Waals surface area contributed by atoms with Crippen LogP contribution in [0.25, 0.3) is 16.8 Å². The van der Waals surface area contributed by atoms with Gasteiger partial charge in [0.15, 0.2) is 23.4 Å². The van der Waals surface area contributed by atoms with E-state index in [2.05, 4.69) is 4.89 Å². The molecule has 8 N–H and O–H groups in total. The van der Waals surface area contributed by atoms with E-state index in [-0.39, 0.29) is 46.6 Å². The normalized spacial score (nSPS) is 14.5. The Balaban J connectivity index is 1.95. The number of carboxylic acid groups (broad SMARTS) is 1. The van der Waals surface area contributed by atoms with Crippen LogP contribution >= 0.6 is 0 Å². The number of hydrogen-bond donors (Lipinski definition) is 8. The molecule has 3 aromatic carbocycles. The lowest BCUT2D eigenvalue weighted by molar-refractivity contribution is -0.310. The number of benzene rings is 2. The molecular formula is C31H34O13. The zero-order valence-electron chi connectivity index (χ0n) is 23.6. The molecule has 0 heterocycles. The van der Waals surface area contributed by atoms with Gasteiger partial charge in [0, 0.05) is 12.0 Å². The molecule has 0 aliphatic carbocycles. The summed E-state index contributed by atoms with van der Waals surface area (Å²) < 4.78 is 11.3. The van der Waals surface area contributed by atoms with Crippen LogP contribution in [0.4, 0.5) is 0 Å². The molecule has 0 aliphatic rings. The van der Waals surface area contributed by atoms with E-state index in [1.807, 2.05) is 0 Å². The summed E-state index contributed by atoms with van der Waals surface area (Å²) in [6.07, 6.45) is -1.42. The molecule has 0 saturated carbocycles. The number of phenols is 2. The fourth-order valence-corrected chi connectivity index (χ4v) is 4.29. The van der Waals surface area contributed by atoms with Gasteiger partial charge in [-0.25, -0.2) is 4.89 Å². The lowest BCUT2D eigenvalue weighted by Gasteiger charge is -2.25. The van der Waals surface area contributed by atoms with Crippen molar-refractivity contribution < 1.29 is 60.2 Å². The molecule has 0 amide bonds. The highest BCUT2D eigenvalue weighted by Gasteiger charge is 2.31.